The summed E-state index contributed by atoms with van der Waals surface area (Å²) in [6.45, 7) is 3.89. The Bertz CT molecular complexity index is 510. The third-order valence-electron chi connectivity index (χ3n) is 3.93. The number of aliphatic hydroxyl groups is 1. The number of anilines is 1. The maximum Gasteiger partial charge on any atom is 0.140 e. The molecule has 0 amide bonds. The highest BCUT2D eigenvalue weighted by atomic mass is 16.3. The summed E-state index contributed by atoms with van der Waals surface area (Å²) in [5, 5.41) is 17.2. The Morgan fingerprint density at radius 2 is 2.21 bits per heavy atom. The van der Waals surface area contributed by atoms with Gasteiger partial charge in [0, 0.05) is 12.7 Å². The van der Waals surface area contributed by atoms with Gasteiger partial charge in [0.25, 0.3) is 0 Å². The van der Waals surface area contributed by atoms with E-state index in [0.29, 0.717) is 11.4 Å². The molecule has 19 heavy (non-hydrogen) atoms. The number of aromatic nitrogens is 1. The first-order valence-electron chi connectivity index (χ1n) is 6.58. The highest BCUT2D eigenvalue weighted by Crippen LogP contribution is 2.29. The Hall–Kier alpha value is -1.62. The van der Waals surface area contributed by atoms with E-state index in [0.717, 1.165) is 25.0 Å². The van der Waals surface area contributed by atoms with Crippen molar-refractivity contribution in [1.29, 1.82) is 5.41 Å². The number of nitrogens with one attached hydrogen (secondary N) is 1. The summed E-state index contributed by atoms with van der Waals surface area (Å²) in [4.78, 5) is 6.59. The summed E-state index contributed by atoms with van der Waals surface area (Å²) < 4.78 is 0. The van der Waals surface area contributed by atoms with Crippen LogP contribution in [-0.2, 0) is 12.8 Å². The molecule has 0 atom stereocenters. The van der Waals surface area contributed by atoms with Gasteiger partial charge in [0.05, 0.1) is 17.7 Å². The number of amidine groups is 1. The lowest BCUT2D eigenvalue weighted by Gasteiger charge is -2.36. The lowest BCUT2D eigenvalue weighted by Crippen LogP contribution is -2.45. The summed E-state index contributed by atoms with van der Waals surface area (Å²) in [6, 6.07) is 1.98. The van der Waals surface area contributed by atoms with Gasteiger partial charge in [0.1, 0.15) is 11.7 Å². The number of hydrogen-bond acceptors (Lipinski definition) is 4. The van der Waals surface area contributed by atoms with Crippen molar-refractivity contribution in [2.45, 2.75) is 38.6 Å². The molecule has 1 aromatic heterocycles. The molecule has 2 rings (SSSR count). The maximum atomic E-state index is 9.49. The average molecular weight is 262 g/mol. The molecule has 0 saturated carbocycles. The van der Waals surface area contributed by atoms with Crippen LogP contribution in [0, 0.1) is 5.41 Å². The molecule has 0 fully saturated rings. The minimum absolute atomic E-state index is 0.0135. The number of aliphatic hydroxyl groups excluding tert-OH is 1. The number of nitrogen functional groups attached to an aromatic ring is 1. The molecule has 1 heterocycles. The van der Waals surface area contributed by atoms with Crippen molar-refractivity contribution in [1.82, 2.24) is 4.98 Å². The predicted octanol–water partition coefficient (Wildman–Crippen LogP) is 1.06. The van der Waals surface area contributed by atoms with E-state index in [4.69, 9.17) is 11.1 Å². The first-order chi connectivity index (χ1) is 8.86. The standard InChI is InChI=1S/C14H22N4O/c1-14(2,8-19)18(3)13-10(12(15)16)7-9-5-4-6-11(9)17-13/h7,19H,4-6,8H2,1-3H3,(H3,15,16). The van der Waals surface area contributed by atoms with Crippen LogP contribution in [0.2, 0.25) is 0 Å². The zero-order chi connectivity index (χ0) is 14.2. The smallest absolute Gasteiger partial charge is 0.140 e. The van der Waals surface area contributed by atoms with E-state index in [1.165, 1.54) is 5.56 Å². The first kappa shape index (κ1) is 13.8. The molecule has 1 aliphatic carbocycles. The third-order valence-corrected chi connectivity index (χ3v) is 3.93. The fraction of sp³-hybridized carbons (Fsp3) is 0.571. The highest BCUT2D eigenvalue weighted by Gasteiger charge is 2.28. The van der Waals surface area contributed by atoms with Crippen LogP contribution in [0.15, 0.2) is 6.07 Å². The van der Waals surface area contributed by atoms with Gasteiger partial charge in [-0.25, -0.2) is 4.98 Å². The fourth-order valence-electron chi connectivity index (χ4n) is 2.31. The van der Waals surface area contributed by atoms with Crippen molar-refractivity contribution in [2.75, 3.05) is 18.6 Å². The van der Waals surface area contributed by atoms with Crippen molar-refractivity contribution in [3.05, 3.63) is 22.9 Å². The number of fused-ring (bicyclic) bond motifs is 1. The van der Waals surface area contributed by atoms with Gasteiger partial charge < -0.3 is 15.7 Å². The number of nitrogens with two attached hydrogens (primary N) is 1. The minimum Gasteiger partial charge on any atom is -0.394 e. The van der Waals surface area contributed by atoms with E-state index < -0.39 is 5.54 Å². The van der Waals surface area contributed by atoms with Gasteiger partial charge in [-0.2, -0.15) is 0 Å². The molecule has 5 heteroatoms. The monoisotopic (exact) mass is 262 g/mol. The SMILES string of the molecule is CN(c1nc2c(cc1C(=N)N)CCC2)C(C)(C)CO. The van der Waals surface area contributed by atoms with Crippen molar-refractivity contribution in [3.63, 3.8) is 0 Å². The van der Waals surface area contributed by atoms with E-state index in [9.17, 15) is 5.11 Å². The first-order valence-corrected chi connectivity index (χ1v) is 6.58. The summed E-state index contributed by atoms with van der Waals surface area (Å²) in [5.41, 5.74) is 8.20. The largest absolute Gasteiger partial charge is 0.394 e. The lowest BCUT2D eigenvalue weighted by molar-refractivity contribution is 0.215. The molecule has 1 aromatic rings. The molecule has 5 nitrogen and oxygen atoms in total. The number of likely N-dealkylation sites (N-methyl/N-ethyl adjacent to an activating group) is 1. The molecule has 0 aliphatic heterocycles. The second kappa shape index (κ2) is 4.81. The molecule has 0 unspecified atom stereocenters. The van der Waals surface area contributed by atoms with E-state index in [1.54, 1.807) is 0 Å². The quantitative estimate of drug-likeness (QED) is 0.559. The number of pyridine rings is 1. The Labute approximate surface area is 114 Å². The normalized spacial score (nSPS) is 14.3. The second-order valence-corrected chi connectivity index (χ2v) is 5.76. The minimum atomic E-state index is -0.440. The number of hydrogen-bond donors (Lipinski definition) is 3. The topological polar surface area (TPSA) is 86.2 Å². The molecule has 1 aliphatic rings. The molecular weight excluding hydrogens is 240 g/mol. The Morgan fingerprint density at radius 3 is 2.79 bits per heavy atom. The van der Waals surface area contributed by atoms with Gasteiger partial charge >= 0.3 is 0 Å². The van der Waals surface area contributed by atoms with Crippen LogP contribution in [-0.4, -0.2) is 35.1 Å². The number of rotatable bonds is 4. The van der Waals surface area contributed by atoms with Crippen molar-refractivity contribution in [2.24, 2.45) is 5.73 Å². The fourth-order valence-corrected chi connectivity index (χ4v) is 2.31. The van der Waals surface area contributed by atoms with E-state index in [-0.39, 0.29) is 12.4 Å². The van der Waals surface area contributed by atoms with E-state index in [1.807, 2.05) is 31.9 Å². The molecule has 104 valence electrons. The van der Waals surface area contributed by atoms with Gasteiger partial charge in [0.2, 0.25) is 0 Å². The van der Waals surface area contributed by atoms with E-state index >= 15 is 0 Å². The average Bonchev–Trinajstić information content (AvgIpc) is 2.83. The van der Waals surface area contributed by atoms with Crippen LogP contribution < -0.4 is 10.6 Å². The number of aryl methyl sites for hydroxylation is 2. The molecule has 0 spiro atoms. The maximum absolute atomic E-state index is 9.49. The Kier molecular flexibility index (Phi) is 3.49. The van der Waals surface area contributed by atoms with Crippen LogP contribution in [0.5, 0.6) is 0 Å². The molecule has 0 aromatic carbocycles. The lowest BCUT2D eigenvalue weighted by atomic mass is 10.0. The van der Waals surface area contributed by atoms with Crippen LogP contribution in [0.4, 0.5) is 5.82 Å². The van der Waals surface area contributed by atoms with Crippen molar-refractivity contribution in [3.8, 4) is 0 Å². The molecular formula is C14H22N4O. The Morgan fingerprint density at radius 1 is 1.53 bits per heavy atom. The van der Waals surface area contributed by atoms with Crippen LogP contribution in [0.1, 0.15) is 37.1 Å². The highest BCUT2D eigenvalue weighted by molar-refractivity contribution is 6.00. The van der Waals surface area contributed by atoms with Gasteiger partial charge in [0.15, 0.2) is 0 Å². The zero-order valence-electron chi connectivity index (χ0n) is 11.8. The molecule has 0 saturated heterocycles. The van der Waals surface area contributed by atoms with Crippen molar-refractivity contribution < 1.29 is 5.11 Å². The third kappa shape index (κ3) is 2.42. The van der Waals surface area contributed by atoms with Gasteiger partial charge in [-0.1, -0.05) is 0 Å². The molecule has 0 radical (unpaired) electrons. The van der Waals surface area contributed by atoms with Gasteiger partial charge in [-0.05, 0) is 44.7 Å². The predicted molar refractivity (Wildman–Crippen MR) is 76.8 cm³/mol. The summed E-state index contributed by atoms with van der Waals surface area (Å²) in [5.74, 6) is 0.713. The van der Waals surface area contributed by atoms with Crippen molar-refractivity contribution >= 4 is 11.7 Å². The summed E-state index contributed by atoms with van der Waals surface area (Å²) >= 11 is 0. The van der Waals surface area contributed by atoms with Crippen LogP contribution in [0.3, 0.4) is 0 Å². The molecule has 0 bridgehead atoms. The van der Waals surface area contributed by atoms with Crippen LogP contribution >= 0.6 is 0 Å². The summed E-state index contributed by atoms with van der Waals surface area (Å²) in [7, 11) is 1.88. The Balaban J connectivity index is 2.52. The second-order valence-electron chi connectivity index (χ2n) is 5.76. The summed E-state index contributed by atoms with van der Waals surface area (Å²) in [6.07, 6.45) is 3.10. The number of nitrogens with zero attached hydrogens (tertiary/aromatic N) is 2. The van der Waals surface area contributed by atoms with E-state index in [2.05, 4.69) is 4.98 Å². The van der Waals surface area contributed by atoms with Gasteiger partial charge in [-0.3, -0.25) is 5.41 Å². The van der Waals surface area contributed by atoms with Gasteiger partial charge in [-0.15, -0.1) is 0 Å². The zero-order valence-corrected chi connectivity index (χ0v) is 11.8. The van der Waals surface area contributed by atoms with Crippen LogP contribution in [0.25, 0.3) is 0 Å². The molecule has 4 N–H and O–H groups in total.